The van der Waals surface area contributed by atoms with Gasteiger partial charge >= 0.3 is 5.97 Å². The van der Waals surface area contributed by atoms with Crippen LogP contribution in [-0.4, -0.2) is 41.5 Å². The van der Waals surface area contributed by atoms with Crippen molar-refractivity contribution >= 4 is 11.7 Å². The van der Waals surface area contributed by atoms with E-state index >= 15 is 0 Å². The molecule has 0 aromatic heterocycles. The van der Waals surface area contributed by atoms with Crippen molar-refractivity contribution in [1.82, 2.24) is 4.90 Å². The van der Waals surface area contributed by atoms with Crippen molar-refractivity contribution in [2.45, 2.75) is 59.0 Å². The lowest BCUT2D eigenvalue weighted by atomic mass is 9.70. The molecule has 4 unspecified atom stereocenters. The van der Waals surface area contributed by atoms with Gasteiger partial charge in [0, 0.05) is 30.0 Å². The molecule has 6 nitrogen and oxygen atoms in total. The Balaban J connectivity index is 1.55. The van der Waals surface area contributed by atoms with Gasteiger partial charge in [-0.25, -0.2) is 4.79 Å². The van der Waals surface area contributed by atoms with Crippen LogP contribution < -0.4 is 0 Å². The maximum Gasteiger partial charge on any atom is 0.338 e. The highest BCUT2D eigenvalue weighted by molar-refractivity contribution is 5.89. The summed E-state index contributed by atoms with van der Waals surface area (Å²) >= 11 is 0. The van der Waals surface area contributed by atoms with Crippen LogP contribution in [0.25, 0.3) is 0 Å². The number of hydrogen-bond acceptors (Lipinski definition) is 5. The molecule has 3 fully saturated rings. The van der Waals surface area contributed by atoms with E-state index in [0.29, 0.717) is 17.4 Å². The van der Waals surface area contributed by atoms with Crippen LogP contribution in [0, 0.1) is 32.8 Å². The number of nitro benzene ring substituents is 1. The number of fused-ring (bicyclic) bond motifs is 2. The Hall–Kier alpha value is -1.95. The van der Waals surface area contributed by atoms with Crippen LogP contribution in [0.4, 0.5) is 5.69 Å². The summed E-state index contributed by atoms with van der Waals surface area (Å²) in [4.78, 5) is 25.9. The van der Waals surface area contributed by atoms with Crippen molar-refractivity contribution in [3.05, 3.63) is 39.9 Å². The molecule has 0 radical (unpaired) electrons. The topological polar surface area (TPSA) is 72.7 Å². The average Bonchev–Trinajstić information content (AvgIpc) is 3.02. The number of piperidine rings is 1. The first-order valence-corrected chi connectivity index (χ1v) is 10.9. The van der Waals surface area contributed by atoms with Gasteiger partial charge in [0.1, 0.15) is 6.10 Å². The third-order valence-corrected chi connectivity index (χ3v) is 8.37. The first kappa shape index (κ1) is 20.3. The van der Waals surface area contributed by atoms with Gasteiger partial charge in [-0.15, -0.1) is 0 Å². The minimum absolute atomic E-state index is 0.0162. The van der Waals surface area contributed by atoms with Crippen LogP contribution >= 0.6 is 0 Å². The highest BCUT2D eigenvalue weighted by Crippen LogP contribution is 2.68. The monoisotopic (exact) mass is 400 g/mol. The van der Waals surface area contributed by atoms with E-state index in [4.69, 9.17) is 4.74 Å². The normalized spacial score (nSPS) is 33.6. The molecule has 0 amide bonds. The standard InChI is InChI=1S/C23H32N2O4/c1-22(2)19-11-12-23(22,3)20(18(19)15-24-13-5-4-6-14-24)29-21(26)16-7-9-17(10-8-16)25(27)28/h7-10,18-20H,4-6,11-15H2,1-3H3. The Morgan fingerprint density at radius 2 is 1.83 bits per heavy atom. The van der Waals surface area contributed by atoms with E-state index in [1.54, 1.807) is 0 Å². The predicted molar refractivity (Wildman–Crippen MR) is 111 cm³/mol. The van der Waals surface area contributed by atoms with E-state index in [2.05, 4.69) is 25.7 Å². The fraction of sp³-hybridized carbons (Fsp3) is 0.696. The molecule has 2 aliphatic carbocycles. The Kier molecular flexibility index (Phi) is 5.18. The van der Waals surface area contributed by atoms with Gasteiger partial charge in [0.15, 0.2) is 0 Å². The number of esters is 1. The fourth-order valence-electron chi connectivity index (χ4n) is 6.29. The van der Waals surface area contributed by atoms with Gasteiger partial charge < -0.3 is 9.64 Å². The number of likely N-dealkylation sites (tertiary alicyclic amines) is 1. The second kappa shape index (κ2) is 7.38. The van der Waals surface area contributed by atoms with Crippen LogP contribution in [0.2, 0.25) is 0 Å². The third kappa shape index (κ3) is 3.35. The molecule has 6 heteroatoms. The summed E-state index contributed by atoms with van der Waals surface area (Å²) in [5.41, 5.74) is 0.469. The Morgan fingerprint density at radius 3 is 2.45 bits per heavy atom. The molecule has 1 aromatic rings. The van der Waals surface area contributed by atoms with Crippen LogP contribution in [0.1, 0.15) is 63.2 Å². The number of benzene rings is 1. The molecule has 1 saturated heterocycles. The van der Waals surface area contributed by atoms with E-state index in [-0.39, 0.29) is 28.6 Å². The number of non-ortho nitro benzene ring substituents is 1. The van der Waals surface area contributed by atoms with Crippen molar-refractivity contribution in [3.8, 4) is 0 Å². The molecule has 4 atom stereocenters. The van der Waals surface area contributed by atoms with Crippen molar-refractivity contribution in [2.75, 3.05) is 19.6 Å². The number of carbonyl (C=O) groups is 1. The van der Waals surface area contributed by atoms with Gasteiger partial charge in [-0.3, -0.25) is 10.1 Å². The molecule has 3 aliphatic rings. The Labute approximate surface area is 172 Å². The van der Waals surface area contributed by atoms with Crippen LogP contribution in [0.15, 0.2) is 24.3 Å². The van der Waals surface area contributed by atoms with E-state index in [1.807, 2.05) is 0 Å². The first-order valence-electron chi connectivity index (χ1n) is 10.9. The summed E-state index contributed by atoms with van der Waals surface area (Å²) < 4.78 is 6.19. The number of rotatable bonds is 5. The molecule has 2 saturated carbocycles. The molecule has 0 N–H and O–H groups in total. The van der Waals surface area contributed by atoms with Crippen LogP contribution in [0.3, 0.4) is 0 Å². The van der Waals surface area contributed by atoms with E-state index < -0.39 is 4.92 Å². The summed E-state index contributed by atoms with van der Waals surface area (Å²) in [6.45, 7) is 10.3. The van der Waals surface area contributed by atoms with Gasteiger partial charge in [-0.2, -0.15) is 0 Å². The lowest BCUT2D eigenvalue weighted by Gasteiger charge is -2.40. The average molecular weight is 401 g/mol. The fourth-order valence-corrected chi connectivity index (χ4v) is 6.29. The predicted octanol–water partition coefficient (Wildman–Crippen LogP) is 4.68. The minimum atomic E-state index is -0.455. The summed E-state index contributed by atoms with van der Waals surface area (Å²) in [6.07, 6.45) is 6.00. The summed E-state index contributed by atoms with van der Waals surface area (Å²) in [5.74, 6) is 0.547. The molecule has 29 heavy (non-hydrogen) atoms. The maximum absolute atomic E-state index is 12.9. The van der Waals surface area contributed by atoms with Crippen LogP contribution in [-0.2, 0) is 4.74 Å². The van der Waals surface area contributed by atoms with Gasteiger partial charge in [-0.05, 0) is 62.2 Å². The zero-order chi connectivity index (χ0) is 20.8. The Bertz CT molecular complexity index is 785. The van der Waals surface area contributed by atoms with Crippen LogP contribution in [0.5, 0.6) is 0 Å². The molecular weight excluding hydrogens is 368 g/mol. The van der Waals surface area contributed by atoms with Crippen molar-refractivity contribution in [3.63, 3.8) is 0 Å². The van der Waals surface area contributed by atoms with Crippen molar-refractivity contribution in [1.29, 1.82) is 0 Å². The number of nitro groups is 1. The van der Waals surface area contributed by atoms with E-state index in [9.17, 15) is 14.9 Å². The van der Waals surface area contributed by atoms with Crippen molar-refractivity contribution < 1.29 is 14.5 Å². The molecule has 4 rings (SSSR count). The molecule has 0 spiro atoms. The third-order valence-electron chi connectivity index (χ3n) is 8.37. The van der Waals surface area contributed by atoms with Gasteiger partial charge in [-0.1, -0.05) is 27.2 Å². The molecular formula is C23H32N2O4. The van der Waals surface area contributed by atoms with Crippen molar-refractivity contribution in [2.24, 2.45) is 22.7 Å². The SMILES string of the molecule is CC1(C)C2CCC1(C)C(OC(=O)c1ccc([N+](=O)[O-])cc1)C2CN1CCCCC1. The summed E-state index contributed by atoms with van der Waals surface area (Å²) in [5, 5.41) is 10.9. The number of hydrogen-bond donors (Lipinski definition) is 0. The molecule has 2 bridgehead atoms. The number of carbonyl (C=O) groups excluding carboxylic acids is 1. The molecule has 158 valence electrons. The van der Waals surface area contributed by atoms with Gasteiger partial charge in [0.2, 0.25) is 0 Å². The minimum Gasteiger partial charge on any atom is -0.458 e. The lowest BCUT2D eigenvalue weighted by molar-refractivity contribution is -0.384. The second-order valence-corrected chi connectivity index (χ2v) is 9.94. The first-order chi connectivity index (χ1) is 13.7. The quantitative estimate of drug-likeness (QED) is 0.408. The zero-order valence-electron chi connectivity index (χ0n) is 17.7. The number of nitrogens with zero attached hydrogens (tertiary/aromatic N) is 2. The summed E-state index contributed by atoms with van der Waals surface area (Å²) in [6, 6.07) is 5.74. The second-order valence-electron chi connectivity index (χ2n) is 9.94. The highest BCUT2D eigenvalue weighted by atomic mass is 16.6. The highest BCUT2D eigenvalue weighted by Gasteiger charge is 2.67. The van der Waals surface area contributed by atoms with Gasteiger partial charge in [0.25, 0.3) is 5.69 Å². The zero-order valence-corrected chi connectivity index (χ0v) is 17.7. The molecule has 1 aromatic carbocycles. The maximum atomic E-state index is 12.9. The molecule has 1 heterocycles. The number of ether oxygens (including phenoxy) is 1. The van der Waals surface area contributed by atoms with E-state index in [0.717, 1.165) is 26.1 Å². The summed E-state index contributed by atoms with van der Waals surface area (Å²) in [7, 11) is 0. The van der Waals surface area contributed by atoms with Gasteiger partial charge in [0.05, 0.1) is 10.5 Å². The largest absolute Gasteiger partial charge is 0.458 e. The Morgan fingerprint density at radius 1 is 1.17 bits per heavy atom. The molecule has 1 aliphatic heterocycles. The smallest absolute Gasteiger partial charge is 0.338 e. The lowest BCUT2D eigenvalue weighted by Crippen LogP contribution is -2.45. The van der Waals surface area contributed by atoms with E-state index in [1.165, 1.54) is 49.9 Å².